The average Bonchev–Trinajstić information content (AvgIpc) is 2.62. The Bertz CT molecular complexity index is 565. The van der Waals surface area contributed by atoms with Gasteiger partial charge < -0.3 is 20.5 Å². The Morgan fingerprint density at radius 1 is 1.48 bits per heavy atom. The van der Waals surface area contributed by atoms with E-state index in [1.54, 1.807) is 18.2 Å². The monoisotopic (exact) mass is 388 g/mol. The molecular formula is C18H26Cl2N2O3. The van der Waals surface area contributed by atoms with E-state index >= 15 is 0 Å². The van der Waals surface area contributed by atoms with Gasteiger partial charge in [0, 0.05) is 13.0 Å². The van der Waals surface area contributed by atoms with Crippen LogP contribution in [0, 0.1) is 11.8 Å². The summed E-state index contributed by atoms with van der Waals surface area (Å²) < 4.78 is 5.46. The van der Waals surface area contributed by atoms with Gasteiger partial charge in [-0.05, 0) is 49.9 Å². The maximum Gasteiger partial charge on any atom is 0.220 e. The number of nitrogens with one attached hydrogen (secondary N) is 2. The van der Waals surface area contributed by atoms with E-state index in [-0.39, 0.29) is 19.1 Å². The zero-order valence-corrected chi connectivity index (χ0v) is 15.9. The predicted molar refractivity (Wildman–Crippen MR) is 100 cm³/mol. The maximum atomic E-state index is 12.1. The van der Waals surface area contributed by atoms with Crippen LogP contribution in [0.1, 0.15) is 26.2 Å². The summed E-state index contributed by atoms with van der Waals surface area (Å²) >= 11 is 11.9. The zero-order valence-electron chi connectivity index (χ0n) is 14.4. The number of ether oxygens (including phenoxy) is 1. The molecule has 0 saturated carbocycles. The van der Waals surface area contributed by atoms with Gasteiger partial charge in [0.15, 0.2) is 0 Å². The fraction of sp³-hybridized carbons (Fsp3) is 0.611. The topological polar surface area (TPSA) is 70.6 Å². The maximum absolute atomic E-state index is 12.1. The van der Waals surface area contributed by atoms with Crippen molar-refractivity contribution in [1.29, 1.82) is 0 Å². The van der Waals surface area contributed by atoms with E-state index in [4.69, 9.17) is 27.9 Å². The first-order chi connectivity index (χ1) is 12.0. The minimum absolute atomic E-state index is 0.0302. The van der Waals surface area contributed by atoms with Crippen molar-refractivity contribution in [3.05, 3.63) is 28.2 Å². The Kier molecular flexibility index (Phi) is 8.30. The average molecular weight is 389 g/mol. The molecule has 3 atom stereocenters. The van der Waals surface area contributed by atoms with Crippen LogP contribution in [0.4, 0.5) is 0 Å². The minimum Gasteiger partial charge on any atom is -0.489 e. The van der Waals surface area contributed by atoms with Gasteiger partial charge in [-0.3, -0.25) is 4.79 Å². The van der Waals surface area contributed by atoms with Gasteiger partial charge in [-0.25, -0.2) is 0 Å². The first kappa shape index (κ1) is 20.3. The highest BCUT2D eigenvalue weighted by atomic mass is 35.5. The molecule has 1 saturated heterocycles. The second-order valence-corrected chi connectivity index (χ2v) is 7.39. The van der Waals surface area contributed by atoms with Crippen molar-refractivity contribution < 1.29 is 14.6 Å². The van der Waals surface area contributed by atoms with E-state index < -0.39 is 6.10 Å². The summed E-state index contributed by atoms with van der Waals surface area (Å²) in [5, 5.41) is 16.8. The van der Waals surface area contributed by atoms with Crippen LogP contribution >= 0.6 is 23.2 Å². The van der Waals surface area contributed by atoms with Crippen LogP contribution in [0.25, 0.3) is 0 Å². The molecule has 140 valence electrons. The van der Waals surface area contributed by atoms with Gasteiger partial charge in [0.25, 0.3) is 0 Å². The van der Waals surface area contributed by atoms with Crippen LogP contribution < -0.4 is 15.4 Å². The molecule has 3 unspecified atom stereocenters. The van der Waals surface area contributed by atoms with E-state index in [2.05, 4.69) is 17.6 Å². The Balaban J connectivity index is 1.67. The number of halogens is 2. The number of hydrogen-bond acceptors (Lipinski definition) is 4. The van der Waals surface area contributed by atoms with Gasteiger partial charge in [-0.15, -0.1) is 0 Å². The molecule has 0 aromatic heterocycles. The standard InChI is InChI=1S/C18H26Cl2N2O3/c1-12(13-4-3-7-21-9-13)8-17(24)22-10-14(23)11-25-16-6-2-5-15(19)18(16)20/h2,5-6,12-14,21,23H,3-4,7-11H2,1H3,(H,22,24). The number of hydrogen-bond donors (Lipinski definition) is 3. The lowest BCUT2D eigenvalue weighted by atomic mass is 9.85. The van der Waals surface area contributed by atoms with Crippen molar-refractivity contribution >= 4 is 29.1 Å². The number of aliphatic hydroxyl groups is 1. The first-order valence-corrected chi connectivity index (χ1v) is 9.45. The largest absolute Gasteiger partial charge is 0.489 e. The molecule has 0 radical (unpaired) electrons. The normalized spacial score (nSPS) is 19.9. The molecule has 1 fully saturated rings. The number of benzene rings is 1. The Labute approximate surface area is 159 Å². The Hall–Kier alpha value is -1.01. The zero-order chi connectivity index (χ0) is 18.2. The summed E-state index contributed by atoms with van der Waals surface area (Å²) in [6.45, 7) is 4.33. The quantitative estimate of drug-likeness (QED) is 0.640. The molecule has 1 heterocycles. The number of carbonyl (C=O) groups excluding carboxylic acids is 1. The Morgan fingerprint density at radius 2 is 2.28 bits per heavy atom. The van der Waals surface area contributed by atoms with Crippen molar-refractivity contribution in [3.63, 3.8) is 0 Å². The molecule has 1 aliphatic rings. The Morgan fingerprint density at radius 3 is 3.00 bits per heavy atom. The number of piperidine rings is 1. The molecule has 1 aliphatic heterocycles. The molecular weight excluding hydrogens is 363 g/mol. The summed E-state index contributed by atoms with van der Waals surface area (Å²) in [4.78, 5) is 12.1. The number of amides is 1. The van der Waals surface area contributed by atoms with E-state index in [9.17, 15) is 9.90 Å². The SMILES string of the molecule is CC(CC(=O)NCC(O)COc1cccc(Cl)c1Cl)C1CCCNC1. The molecule has 0 aliphatic carbocycles. The highest BCUT2D eigenvalue weighted by Gasteiger charge is 2.22. The molecule has 1 aromatic rings. The fourth-order valence-corrected chi connectivity index (χ4v) is 3.31. The highest BCUT2D eigenvalue weighted by Crippen LogP contribution is 2.31. The van der Waals surface area contributed by atoms with Crippen LogP contribution in [0.5, 0.6) is 5.75 Å². The van der Waals surface area contributed by atoms with Crippen LogP contribution in [0.3, 0.4) is 0 Å². The van der Waals surface area contributed by atoms with Gasteiger partial charge in [-0.2, -0.15) is 0 Å². The van der Waals surface area contributed by atoms with Crippen molar-refractivity contribution in [2.24, 2.45) is 11.8 Å². The number of carbonyl (C=O) groups is 1. The second kappa shape index (κ2) is 10.2. The van der Waals surface area contributed by atoms with Gasteiger partial charge in [0.05, 0.1) is 5.02 Å². The third-order valence-corrected chi connectivity index (χ3v) is 5.33. The molecule has 3 N–H and O–H groups in total. The third kappa shape index (κ3) is 6.66. The molecule has 1 aromatic carbocycles. The van der Waals surface area contributed by atoms with E-state index in [0.29, 0.717) is 34.1 Å². The van der Waals surface area contributed by atoms with Gasteiger partial charge in [-0.1, -0.05) is 36.2 Å². The number of rotatable bonds is 8. The fourth-order valence-electron chi connectivity index (χ4n) is 2.97. The van der Waals surface area contributed by atoms with Gasteiger partial charge in [0.1, 0.15) is 23.5 Å². The van der Waals surface area contributed by atoms with E-state index in [1.165, 1.54) is 6.42 Å². The number of aliphatic hydroxyl groups excluding tert-OH is 1. The molecule has 1 amide bonds. The summed E-state index contributed by atoms with van der Waals surface area (Å²) in [5.41, 5.74) is 0. The molecule has 2 rings (SSSR count). The highest BCUT2D eigenvalue weighted by molar-refractivity contribution is 6.42. The molecule has 0 bridgehead atoms. The predicted octanol–water partition coefficient (Wildman–Crippen LogP) is 2.88. The minimum atomic E-state index is -0.814. The molecule has 25 heavy (non-hydrogen) atoms. The van der Waals surface area contributed by atoms with Crippen LogP contribution in [0.2, 0.25) is 10.0 Å². The van der Waals surface area contributed by atoms with Crippen LogP contribution in [0.15, 0.2) is 18.2 Å². The smallest absolute Gasteiger partial charge is 0.220 e. The van der Waals surface area contributed by atoms with Crippen molar-refractivity contribution in [2.45, 2.75) is 32.3 Å². The summed E-state index contributed by atoms with van der Waals surface area (Å²) in [7, 11) is 0. The summed E-state index contributed by atoms with van der Waals surface area (Å²) in [5.74, 6) is 1.24. The van der Waals surface area contributed by atoms with Crippen LogP contribution in [-0.4, -0.2) is 43.4 Å². The molecule has 5 nitrogen and oxygen atoms in total. The lowest BCUT2D eigenvalue weighted by Gasteiger charge is -2.28. The lowest BCUT2D eigenvalue weighted by Crippen LogP contribution is -2.38. The lowest BCUT2D eigenvalue weighted by molar-refractivity contribution is -0.122. The van der Waals surface area contributed by atoms with E-state index in [1.807, 2.05) is 0 Å². The van der Waals surface area contributed by atoms with E-state index in [0.717, 1.165) is 19.5 Å². The van der Waals surface area contributed by atoms with Crippen molar-refractivity contribution in [3.8, 4) is 5.75 Å². The first-order valence-electron chi connectivity index (χ1n) is 8.69. The van der Waals surface area contributed by atoms with Crippen LogP contribution in [-0.2, 0) is 4.79 Å². The third-order valence-electron chi connectivity index (χ3n) is 4.53. The molecule has 7 heteroatoms. The second-order valence-electron chi connectivity index (χ2n) is 6.61. The van der Waals surface area contributed by atoms with Gasteiger partial charge >= 0.3 is 0 Å². The van der Waals surface area contributed by atoms with Crippen molar-refractivity contribution in [2.75, 3.05) is 26.2 Å². The van der Waals surface area contributed by atoms with Crippen molar-refractivity contribution in [1.82, 2.24) is 10.6 Å². The molecule has 0 spiro atoms. The van der Waals surface area contributed by atoms with Gasteiger partial charge in [0.2, 0.25) is 5.91 Å². The summed E-state index contributed by atoms with van der Waals surface area (Å²) in [6.07, 6.45) is 1.99. The summed E-state index contributed by atoms with van der Waals surface area (Å²) in [6, 6.07) is 5.06.